The number of hydrogen-bond acceptors (Lipinski definition) is 1. The average molecular weight is 183 g/mol. The highest BCUT2D eigenvalue weighted by atomic mass is 14.7. The van der Waals surface area contributed by atoms with Crippen LogP contribution in [0.5, 0.6) is 0 Å². The average Bonchev–Trinajstić information content (AvgIpc) is 2.05. The van der Waals surface area contributed by atoms with Gasteiger partial charge in [-0.25, -0.2) is 0 Å². The van der Waals surface area contributed by atoms with Gasteiger partial charge in [-0.1, -0.05) is 42.2 Å². The molecule has 0 spiro atoms. The summed E-state index contributed by atoms with van der Waals surface area (Å²) in [5.74, 6) is 0.598. The van der Waals surface area contributed by atoms with Crippen LogP contribution in [0.3, 0.4) is 0 Å². The molecule has 78 valence electrons. The Morgan fingerprint density at radius 3 is 2.23 bits per heavy atom. The van der Waals surface area contributed by atoms with Gasteiger partial charge in [-0.15, -0.1) is 0 Å². The highest BCUT2D eigenvalue weighted by Gasteiger charge is 2.00. The summed E-state index contributed by atoms with van der Waals surface area (Å²) >= 11 is 0. The van der Waals surface area contributed by atoms with Crippen molar-refractivity contribution in [3.05, 3.63) is 30.1 Å². The first-order valence-corrected chi connectivity index (χ1v) is 3.75. The van der Waals surface area contributed by atoms with E-state index in [-0.39, 0.29) is 22.3 Å². The van der Waals surface area contributed by atoms with Crippen molar-refractivity contribution >= 4 is 0 Å². The molecule has 0 radical (unpaired) electrons. The maximum Gasteiger partial charge on any atom is 0.0431 e. The van der Waals surface area contributed by atoms with Gasteiger partial charge in [0.15, 0.2) is 0 Å². The lowest BCUT2D eigenvalue weighted by Gasteiger charge is -2.05. The molecule has 13 heavy (non-hydrogen) atoms. The number of hydrogen-bond donors (Lipinski definition) is 0. The van der Waals surface area contributed by atoms with Crippen LogP contribution in [-0.4, -0.2) is 4.98 Å². The summed E-state index contributed by atoms with van der Waals surface area (Å²) in [7, 11) is 0. The number of pyridine rings is 1. The van der Waals surface area contributed by atoms with Crippen LogP contribution in [0, 0.1) is 0 Å². The van der Waals surface area contributed by atoms with E-state index < -0.39 is 0 Å². The lowest BCUT2D eigenvalue weighted by atomic mass is 10.1. The molecule has 0 N–H and O–H groups in total. The standard InChI is InChI=1S/C9H13N.3CH4/c1-3-8(2)9-6-4-5-7-10-9;;;/h4-8H,3H2,1-2H3;3*1H4. The summed E-state index contributed by atoms with van der Waals surface area (Å²) in [5, 5.41) is 0. The smallest absolute Gasteiger partial charge is 0.0431 e. The van der Waals surface area contributed by atoms with Crippen molar-refractivity contribution < 1.29 is 0 Å². The molecular formula is C12H25N. The zero-order chi connectivity index (χ0) is 7.40. The van der Waals surface area contributed by atoms with Crippen molar-refractivity contribution in [1.82, 2.24) is 4.98 Å². The molecule has 1 unspecified atom stereocenters. The minimum absolute atomic E-state index is 0. The molecule has 1 aromatic heterocycles. The lowest BCUT2D eigenvalue weighted by molar-refractivity contribution is 0.708. The second-order valence-corrected chi connectivity index (χ2v) is 2.56. The minimum Gasteiger partial charge on any atom is -0.261 e. The van der Waals surface area contributed by atoms with Gasteiger partial charge in [-0.2, -0.15) is 0 Å². The minimum atomic E-state index is 0. The van der Waals surface area contributed by atoms with E-state index in [4.69, 9.17) is 0 Å². The van der Waals surface area contributed by atoms with Crippen LogP contribution < -0.4 is 0 Å². The fraction of sp³-hybridized carbons (Fsp3) is 0.583. The summed E-state index contributed by atoms with van der Waals surface area (Å²) in [4.78, 5) is 4.25. The van der Waals surface area contributed by atoms with Crippen LogP contribution in [0.2, 0.25) is 0 Å². The fourth-order valence-electron chi connectivity index (χ4n) is 0.877. The van der Waals surface area contributed by atoms with Gasteiger partial charge < -0.3 is 0 Å². The van der Waals surface area contributed by atoms with Crippen molar-refractivity contribution in [3.63, 3.8) is 0 Å². The molecule has 0 aromatic carbocycles. The van der Waals surface area contributed by atoms with Gasteiger partial charge in [-0.05, 0) is 24.5 Å². The third kappa shape index (κ3) is 5.40. The monoisotopic (exact) mass is 183 g/mol. The number of aromatic nitrogens is 1. The van der Waals surface area contributed by atoms with Crippen LogP contribution in [0.25, 0.3) is 0 Å². The van der Waals surface area contributed by atoms with Crippen LogP contribution in [0.4, 0.5) is 0 Å². The topological polar surface area (TPSA) is 12.9 Å². The van der Waals surface area contributed by atoms with Crippen molar-refractivity contribution in [3.8, 4) is 0 Å². The molecule has 0 amide bonds. The third-order valence-electron chi connectivity index (χ3n) is 1.81. The normalized spacial score (nSPS) is 10.0. The first-order valence-electron chi connectivity index (χ1n) is 3.75. The Hall–Kier alpha value is -0.850. The van der Waals surface area contributed by atoms with E-state index in [2.05, 4.69) is 24.9 Å². The van der Waals surface area contributed by atoms with Gasteiger partial charge >= 0.3 is 0 Å². The summed E-state index contributed by atoms with van der Waals surface area (Å²) in [6, 6.07) is 6.06. The Bertz CT molecular complexity index is 182. The zero-order valence-electron chi connectivity index (χ0n) is 6.54. The largest absolute Gasteiger partial charge is 0.261 e. The molecule has 0 saturated heterocycles. The SMILES string of the molecule is C.C.C.CCC(C)c1ccccn1. The molecule has 1 nitrogen and oxygen atoms in total. The maximum atomic E-state index is 4.25. The van der Waals surface area contributed by atoms with Crippen LogP contribution >= 0.6 is 0 Å². The lowest BCUT2D eigenvalue weighted by Crippen LogP contribution is -1.93. The Labute approximate surface area is 84.2 Å². The highest BCUT2D eigenvalue weighted by molar-refractivity contribution is 5.07. The second-order valence-electron chi connectivity index (χ2n) is 2.56. The molecule has 0 bridgehead atoms. The first kappa shape index (κ1) is 18.0. The van der Waals surface area contributed by atoms with Gasteiger partial charge in [-0.3, -0.25) is 4.98 Å². The molecule has 0 aliphatic rings. The summed E-state index contributed by atoms with van der Waals surface area (Å²) in [6.07, 6.45) is 3.01. The molecule has 1 heterocycles. The Morgan fingerprint density at radius 1 is 1.23 bits per heavy atom. The first-order chi connectivity index (χ1) is 4.84. The molecule has 0 aliphatic carbocycles. The van der Waals surface area contributed by atoms with E-state index in [9.17, 15) is 0 Å². The fourth-order valence-corrected chi connectivity index (χ4v) is 0.877. The molecule has 0 fully saturated rings. The van der Waals surface area contributed by atoms with E-state index in [1.165, 1.54) is 5.69 Å². The molecule has 1 heteroatoms. The van der Waals surface area contributed by atoms with Crippen molar-refractivity contribution in [2.75, 3.05) is 0 Å². The molecule has 0 aliphatic heterocycles. The number of nitrogens with zero attached hydrogens (tertiary/aromatic N) is 1. The second kappa shape index (κ2) is 9.24. The van der Waals surface area contributed by atoms with E-state index in [0.717, 1.165) is 6.42 Å². The van der Waals surface area contributed by atoms with E-state index in [1.807, 2.05) is 18.3 Å². The third-order valence-corrected chi connectivity index (χ3v) is 1.81. The predicted molar refractivity (Wildman–Crippen MR) is 63.1 cm³/mol. The maximum absolute atomic E-state index is 4.25. The van der Waals surface area contributed by atoms with E-state index >= 15 is 0 Å². The van der Waals surface area contributed by atoms with Gasteiger partial charge in [0.2, 0.25) is 0 Å². The quantitative estimate of drug-likeness (QED) is 0.657. The Kier molecular flexibility index (Phi) is 12.8. The van der Waals surface area contributed by atoms with E-state index in [1.54, 1.807) is 0 Å². The van der Waals surface area contributed by atoms with Crippen LogP contribution in [-0.2, 0) is 0 Å². The van der Waals surface area contributed by atoms with Crippen molar-refractivity contribution in [2.45, 2.75) is 48.5 Å². The van der Waals surface area contributed by atoms with Gasteiger partial charge in [0.25, 0.3) is 0 Å². The van der Waals surface area contributed by atoms with Crippen LogP contribution in [0.15, 0.2) is 24.4 Å². The summed E-state index contributed by atoms with van der Waals surface area (Å²) in [5.41, 5.74) is 1.20. The number of rotatable bonds is 2. The van der Waals surface area contributed by atoms with Crippen LogP contribution in [0.1, 0.15) is 54.2 Å². The van der Waals surface area contributed by atoms with Gasteiger partial charge in [0, 0.05) is 11.9 Å². The summed E-state index contributed by atoms with van der Waals surface area (Å²) < 4.78 is 0. The molecule has 1 rings (SSSR count). The highest BCUT2D eigenvalue weighted by Crippen LogP contribution is 2.14. The van der Waals surface area contributed by atoms with Crippen molar-refractivity contribution in [2.24, 2.45) is 0 Å². The zero-order valence-corrected chi connectivity index (χ0v) is 6.54. The van der Waals surface area contributed by atoms with Gasteiger partial charge in [0.05, 0.1) is 0 Å². The Balaban J connectivity index is -0.000000333. The Morgan fingerprint density at radius 2 is 1.85 bits per heavy atom. The van der Waals surface area contributed by atoms with E-state index in [0.29, 0.717) is 5.92 Å². The van der Waals surface area contributed by atoms with Gasteiger partial charge in [0.1, 0.15) is 0 Å². The predicted octanol–water partition coefficient (Wildman–Crippen LogP) is 4.50. The summed E-state index contributed by atoms with van der Waals surface area (Å²) in [6.45, 7) is 4.38. The molecule has 0 saturated carbocycles. The molecular weight excluding hydrogens is 158 g/mol. The van der Waals surface area contributed by atoms with Crippen molar-refractivity contribution in [1.29, 1.82) is 0 Å². The molecule has 1 atom stereocenters. The molecule has 1 aromatic rings.